The highest BCUT2D eigenvalue weighted by Crippen LogP contribution is 2.21. The summed E-state index contributed by atoms with van der Waals surface area (Å²) in [6.45, 7) is 1.33. The fraction of sp³-hybridized carbons (Fsp3) is 0.176. The summed E-state index contributed by atoms with van der Waals surface area (Å²) in [6.07, 6.45) is -1.18. The van der Waals surface area contributed by atoms with E-state index >= 15 is 0 Å². The van der Waals surface area contributed by atoms with Crippen LogP contribution in [0.25, 0.3) is 0 Å². The quantitative estimate of drug-likeness (QED) is 0.474. The molecule has 0 aliphatic rings. The number of para-hydroxylation sites is 1. The molecule has 2 amide bonds. The second-order valence-electron chi connectivity index (χ2n) is 5.11. The highest BCUT2D eigenvalue weighted by molar-refractivity contribution is 5.97. The van der Waals surface area contributed by atoms with Crippen molar-refractivity contribution < 1.29 is 24.6 Å². The maximum Gasteiger partial charge on any atom is 0.268 e. The molecule has 0 saturated heterocycles. The SMILES string of the molecule is CC(O)C(NC(=O)c1cccc(Oc2ccccc2)c1)C(=O)NO. The Kier molecular flexibility index (Phi) is 5.89. The molecule has 0 saturated carbocycles. The molecule has 2 aromatic carbocycles. The lowest BCUT2D eigenvalue weighted by molar-refractivity contribution is -0.133. The minimum atomic E-state index is -1.28. The monoisotopic (exact) mass is 330 g/mol. The van der Waals surface area contributed by atoms with E-state index in [1.165, 1.54) is 18.5 Å². The molecule has 24 heavy (non-hydrogen) atoms. The zero-order valence-corrected chi connectivity index (χ0v) is 13.0. The molecular formula is C17H18N2O5. The fourth-order valence-corrected chi connectivity index (χ4v) is 2.02. The Morgan fingerprint density at radius 3 is 2.33 bits per heavy atom. The molecule has 7 nitrogen and oxygen atoms in total. The Morgan fingerprint density at radius 2 is 1.71 bits per heavy atom. The molecule has 0 aromatic heterocycles. The molecule has 0 spiro atoms. The van der Waals surface area contributed by atoms with Gasteiger partial charge in [0.25, 0.3) is 11.8 Å². The van der Waals surface area contributed by atoms with Gasteiger partial charge in [-0.25, -0.2) is 5.48 Å². The topological polar surface area (TPSA) is 108 Å². The first-order valence-electron chi connectivity index (χ1n) is 7.27. The van der Waals surface area contributed by atoms with Gasteiger partial charge in [-0.1, -0.05) is 24.3 Å². The Morgan fingerprint density at radius 1 is 1.04 bits per heavy atom. The van der Waals surface area contributed by atoms with E-state index in [9.17, 15) is 14.7 Å². The third kappa shape index (κ3) is 4.55. The smallest absolute Gasteiger partial charge is 0.268 e. The number of aliphatic hydroxyl groups is 1. The molecule has 2 aromatic rings. The van der Waals surface area contributed by atoms with Crippen LogP contribution in [0.3, 0.4) is 0 Å². The van der Waals surface area contributed by atoms with Gasteiger partial charge in [-0.15, -0.1) is 0 Å². The van der Waals surface area contributed by atoms with Crippen LogP contribution in [0.15, 0.2) is 54.6 Å². The first-order valence-corrected chi connectivity index (χ1v) is 7.27. The van der Waals surface area contributed by atoms with Crippen molar-refractivity contribution in [1.29, 1.82) is 0 Å². The van der Waals surface area contributed by atoms with Crippen molar-refractivity contribution in [3.63, 3.8) is 0 Å². The van der Waals surface area contributed by atoms with Crippen molar-refractivity contribution in [2.75, 3.05) is 0 Å². The van der Waals surface area contributed by atoms with Gasteiger partial charge >= 0.3 is 0 Å². The zero-order chi connectivity index (χ0) is 17.5. The van der Waals surface area contributed by atoms with Crippen molar-refractivity contribution in [2.45, 2.75) is 19.1 Å². The summed E-state index contributed by atoms with van der Waals surface area (Å²) in [5.74, 6) is -0.413. The van der Waals surface area contributed by atoms with Gasteiger partial charge < -0.3 is 15.2 Å². The molecule has 0 aliphatic carbocycles. The van der Waals surface area contributed by atoms with E-state index < -0.39 is 24.0 Å². The van der Waals surface area contributed by atoms with Crippen molar-refractivity contribution in [2.24, 2.45) is 0 Å². The summed E-state index contributed by atoms with van der Waals surface area (Å²) in [4.78, 5) is 23.7. The molecule has 0 radical (unpaired) electrons. The number of benzene rings is 2. The molecule has 0 aliphatic heterocycles. The number of nitrogens with one attached hydrogen (secondary N) is 2. The predicted molar refractivity (Wildman–Crippen MR) is 85.8 cm³/mol. The Bertz CT molecular complexity index is 703. The van der Waals surface area contributed by atoms with Crippen LogP contribution in [0, 0.1) is 0 Å². The molecule has 7 heteroatoms. The largest absolute Gasteiger partial charge is 0.457 e. The van der Waals surface area contributed by atoms with Crippen molar-refractivity contribution in [3.05, 3.63) is 60.2 Å². The number of carbonyl (C=O) groups excluding carboxylic acids is 2. The van der Waals surface area contributed by atoms with Crippen LogP contribution in [0.5, 0.6) is 11.5 Å². The summed E-state index contributed by atoms with van der Waals surface area (Å²) < 4.78 is 5.64. The number of ether oxygens (including phenoxy) is 1. The van der Waals surface area contributed by atoms with Crippen LogP contribution >= 0.6 is 0 Å². The Hall–Kier alpha value is -2.90. The minimum Gasteiger partial charge on any atom is -0.457 e. The van der Waals surface area contributed by atoms with Crippen LogP contribution in [0.4, 0.5) is 0 Å². The van der Waals surface area contributed by atoms with E-state index in [-0.39, 0.29) is 5.56 Å². The standard InChI is InChI=1S/C17H18N2O5/c1-11(20)15(17(22)19-23)18-16(21)12-6-5-9-14(10-12)24-13-7-3-2-4-8-13/h2-11,15,20,23H,1H3,(H,18,21)(H,19,22). The van der Waals surface area contributed by atoms with Gasteiger partial charge in [-0.05, 0) is 37.3 Å². The number of hydroxylamine groups is 1. The predicted octanol–water partition coefficient (Wildman–Crippen LogP) is 1.46. The molecule has 0 fully saturated rings. The van der Waals surface area contributed by atoms with Crippen LogP contribution < -0.4 is 15.5 Å². The number of hydrogen-bond acceptors (Lipinski definition) is 5. The van der Waals surface area contributed by atoms with Crippen molar-refractivity contribution in [1.82, 2.24) is 10.8 Å². The fourth-order valence-electron chi connectivity index (χ4n) is 2.02. The number of carbonyl (C=O) groups is 2. The summed E-state index contributed by atoms with van der Waals surface area (Å²) in [5.41, 5.74) is 1.66. The van der Waals surface area contributed by atoms with Crippen LogP contribution in [0.1, 0.15) is 17.3 Å². The molecule has 0 heterocycles. The Labute approximate surface area is 138 Å². The maximum absolute atomic E-state index is 12.2. The Balaban J connectivity index is 2.12. The van der Waals surface area contributed by atoms with Crippen molar-refractivity contribution in [3.8, 4) is 11.5 Å². The molecular weight excluding hydrogens is 312 g/mol. The van der Waals surface area contributed by atoms with E-state index in [4.69, 9.17) is 9.94 Å². The molecule has 4 N–H and O–H groups in total. The van der Waals surface area contributed by atoms with Gasteiger partial charge in [0.2, 0.25) is 0 Å². The van der Waals surface area contributed by atoms with E-state index in [0.29, 0.717) is 11.5 Å². The lowest BCUT2D eigenvalue weighted by atomic mass is 10.1. The number of hydrogen-bond donors (Lipinski definition) is 4. The average molecular weight is 330 g/mol. The first kappa shape index (κ1) is 17.5. The second kappa shape index (κ2) is 8.09. The van der Waals surface area contributed by atoms with E-state index in [2.05, 4.69) is 5.32 Å². The van der Waals surface area contributed by atoms with Gasteiger partial charge in [-0.3, -0.25) is 14.8 Å². The number of rotatable bonds is 6. The number of amides is 2. The highest BCUT2D eigenvalue weighted by atomic mass is 16.5. The maximum atomic E-state index is 12.2. The van der Waals surface area contributed by atoms with E-state index in [0.717, 1.165) is 0 Å². The normalized spacial score (nSPS) is 12.8. The van der Waals surface area contributed by atoms with E-state index in [1.807, 2.05) is 18.2 Å². The summed E-state index contributed by atoms with van der Waals surface area (Å²) in [7, 11) is 0. The van der Waals surface area contributed by atoms with Gasteiger partial charge in [0, 0.05) is 5.56 Å². The molecule has 2 rings (SSSR count). The van der Waals surface area contributed by atoms with Gasteiger partial charge in [0.05, 0.1) is 6.10 Å². The molecule has 0 bridgehead atoms. The second-order valence-corrected chi connectivity index (χ2v) is 5.11. The van der Waals surface area contributed by atoms with Crippen LogP contribution in [-0.4, -0.2) is 34.3 Å². The summed E-state index contributed by atoms with van der Waals surface area (Å²) in [5, 5.41) is 20.6. The molecule has 126 valence electrons. The third-order valence-electron chi connectivity index (χ3n) is 3.24. The summed E-state index contributed by atoms with van der Waals surface area (Å²) in [6, 6.07) is 14.2. The minimum absolute atomic E-state index is 0.250. The summed E-state index contributed by atoms with van der Waals surface area (Å²) >= 11 is 0. The third-order valence-corrected chi connectivity index (χ3v) is 3.24. The number of aliphatic hydroxyl groups excluding tert-OH is 1. The highest BCUT2D eigenvalue weighted by Gasteiger charge is 2.25. The first-order chi connectivity index (χ1) is 11.5. The van der Waals surface area contributed by atoms with Crippen molar-refractivity contribution >= 4 is 11.8 Å². The van der Waals surface area contributed by atoms with Gasteiger partial charge in [-0.2, -0.15) is 0 Å². The van der Waals surface area contributed by atoms with E-state index in [1.54, 1.807) is 30.3 Å². The van der Waals surface area contributed by atoms with Gasteiger partial charge in [0.1, 0.15) is 17.5 Å². The molecule has 2 atom stereocenters. The lowest BCUT2D eigenvalue weighted by Crippen LogP contribution is -2.51. The lowest BCUT2D eigenvalue weighted by Gasteiger charge is -2.19. The molecule has 2 unspecified atom stereocenters. The average Bonchev–Trinajstić information content (AvgIpc) is 2.59. The van der Waals surface area contributed by atoms with Crippen LogP contribution in [-0.2, 0) is 4.79 Å². The van der Waals surface area contributed by atoms with Gasteiger partial charge in [0.15, 0.2) is 0 Å². The van der Waals surface area contributed by atoms with Crippen LogP contribution in [0.2, 0.25) is 0 Å². The zero-order valence-electron chi connectivity index (χ0n) is 13.0.